The van der Waals surface area contributed by atoms with E-state index in [1.165, 1.54) is 6.07 Å². The molecule has 1 aliphatic rings. The summed E-state index contributed by atoms with van der Waals surface area (Å²) in [6.07, 6.45) is 1.18. The molecule has 2 N–H and O–H groups in total. The molecule has 0 atom stereocenters. The van der Waals surface area contributed by atoms with Crippen LogP contribution in [0.5, 0.6) is 0 Å². The van der Waals surface area contributed by atoms with Crippen molar-refractivity contribution in [3.63, 3.8) is 0 Å². The fourth-order valence-corrected chi connectivity index (χ4v) is 5.45. The van der Waals surface area contributed by atoms with Gasteiger partial charge < -0.3 is 10.6 Å². The van der Waals surface area contributed by atoms with Gasteiger partial charge in [-0.05, 0) is 54.7 Å². The number of hydrogen-bond acceptors (Lipinski definition) is 4. The Kier molecular flexibility index (Phi) is 8.12. The van der Waals surface area contributed by atoms with Crippen molar-refractivity contribution in [3.05, 3.63) is 105 Å². The summed E-state index contributed by atoms with van der Waals surface area (Å²) in [7, 11) is 0. The third-order valence-corrected chi connectivity index (χ3v) is 7.68. The number of aromatic nitrogens is 2. The van der Waals surface area contributed by atoms with E-state index < -0.39 is 0 Å². The normalized spacial score (nSPS) is 14.0. The van der Waals surface area contributed by atoms with E-state index >= 15 is 0 Å². The van der Waals surface area contributed by atoms with Gasteiger partial charge in [-0.2, -0.15) is 5.10 Å². The quantitative estimate of drug-likeness (QED) is 0.295. The Morgan fingerprint density at radius 1 is 0.949 bits per heavy atom. The van der Waals surface area contributed by atoms with Crippen LogP contribution in [0.4, 0.5) is 4.39 Å². The summed E-state index contributed by atoms with van der Waals surface area (Å²) in [5, 5.41) is 5.74. The van der Waals surface area contributed by atoms with Gasteiger partial charge in [0.2, 0.25) is 0 Å². The molecule has 0 aliphatic carbocycles. The van der Waals surface area contributed by atoms with Crippen molar-refractivity contribution in [2.24, 2.45) is 5.73 Å². The molecule has 0 unspecified atom stereocenters. The van der Waals surface area contributed by atoms with Crippen molar-refractivity contribution < 1.29 is 14.0 Å². The van der Waals surface area contributed by atoms with Gasteiger partial charge in [0, 0.05) is 35.7 Å². The second-order valence-electron chi connectivity index (χ2n) is 9.55. The topological polar surface area (TPSA) is 81.2 Å². The molecule has 6 nitrogen and oxygen atoms in total. The van der Waals surface area contributed by atoms with E-state index in [0.29, 0.717) is 58.5 Å². The SMILES string of the molecule is NCC(=O)Cc1c(C(=O)N2CCC(c3ccccc3F)CC2)nn(-c2ccccc2Cl)c1-c1ccc(Cl)cc1. The van der Waals surface area contributed by atoms with E-state index in [1.54, 1.807) is 46.0 Å². The van der Waals surface area contributed by atoms with Gasteiger partial charge in [0.25, 0.3) is 5.91 Å². The van der Waals surface area contributed by atoms with E-state index in [-0.39, 0.29) is 42.1 Å². The first-order valence-corrected chi connectivity index (χ1v) is 13.5. The zero-order valence-electron chi connectivity index (χ0n) is 21.1. The van der Waals surface area contributed by atoms with Crippen LogP contribution in [0, 0.1) is 5.82 Å². The molecule has 0 radical (unpaired) electrons. The van der Waals surface area contributed by atoms with Crippen molar-refractivity contribution in [2.75, 3.05) is 19.6 Å². The minimum atomic E-state index is -0.289. The minimum Gasteiger partial charge on any atom is -0.337 e. The summed E-state index contributed by atoms with van der Waals surface area (Å²) in [6.45, 7) is 0.716. The summed E-state index contributed by atoms with van der Waals surface area (Å²) >= 11 is 12.7. The standard InChI is InChI=1S/C30H27Cl2FN4O2/c31-21-11-9-20(10-12-21)29-24(17-22(38)18-34)28(35-37(29)27-8-4-2-6-25(27)32)30(39)36-15-13-19(14-16-36)23-5-1-3-7-26(23)33/h1-12,19H,13-18,34H2. The molecule has 1 aromatic heterocycles. The number of amides is 1. The van der Waals surface area contributed by atoms with Crippen LogP contribution in [0.25, 0.3) is 16.9 Å². The fourth-order valence-electron chi connectivity index (χ4n) is 5.11. The molecule has 1 saturated heterocycles. The van der Waals surface area contributed by atoms with Gasteiger partial charge in [0.05, 0.1) is 22.9 Å². The van der Waals surface area contributed by atoms with Gasteiger partial charge in [-0.1, -0.05) is 65.7 Å². The minimum absolute atomic E-state index is 0.0267. The smallest absolute Gasteiger partial charge is 0.274 e. The monoisotopic (exact) mass is 564 g/mol. The highest BCUT2D eigenvalue weighted by molar-refractivity contribution is 6.32. The van der Waals surface area contributed by atoms with Gasteiger partial charge >= 0.3 is 0 Å². The molecular weight excluding hydrogens is 538 g/mol. The second kappa shape index (κ2) is 11.7. The molecule has 2 heterocycles. The van der Waals surface area contributed by atoms with Gasteiger partial charge in [-0.25, -0.2) is 9.07 Å². The number of carbonyl (C=O) groups is 2. The van der Waals surface area contributed by atoms with Crippen molar-refractivity contribution >= 4 is 34.9 Å². The fraction of sp³-hybridized carbons (Fsp3) is 0.233. The number of carbonyl (C=O) groups excluding carboxylic acids is 2. The highest BCUT2D eigenvalue weighted by Crippen LogP contribution is 2.35. The van der Waals surface area contributed by atoms with Gasteiger partial charge in [0.15, 0.2) is 11.5 Å². The molecule has 9 heteroatoms. The first-order chi connectivity index (χ1) is 18.9. The van der Waals surface area contributed by atoms with Gasteiger partial charge in [-0.15, -0.1) is 0 Å². The lowest BCUT2D eigenvalue weighted by molar-refractivity contribution is -0.117. The lowest BCUT2D eigenvalue weighted by atomic mass is 9.89. The Labute approximate surface area is 236 Å². The Morgan fingerprint density at radius 3 is 2.28 bits per heavy atom. The lowest BCUT2D eigenvalue weighted by Gasteiger charge is -2.32. The first-order valence-electron chi connectivity index (χ1n) is 12.8. The van der Waals surface area contributed by atoms with Crippen LogP contribution in [-0.4, -0.2) is 46.0 Å². The molecule has 200 valence electrons. The maximum absolute atomic E-state index is 14.4. The molecule has 5 rings (SSSR count). The molecule has 1 aliphatic heterocycles. The number of likely N-dealkylation sites (tertiary alicyclic amines) is 1. The van der Waals surface area contributed by atoms with E-state index in [9.17, 15) is 14.0 Å². The summed E-state index contributed by atoms with van der Waals surface area (Å²) in [5.74, 6) is -0.714. The van der Waals surface area contributed by atoms with Crippen molar-refractivity contribution in [2.45, 2.75) is 25.2 Å². The number of benzene rings is 3. The molecule has 39 heavy (non-hydrogen) atoms. The lowest BCUT2D eigenvalue weighted by Crippen LogP contribution is -2.38. The maximum Gasteiger partial charge on any atom is 0.274 e. The summed E-state index contributed by atoms with van der Waals surface area (Å²) in [6, 6.07) is 21.1. The zero-order valence-corrected chi connectivity index (χ0v) is 22.6. The van der Waals surface area contributed by atoms with Crippen LogP contribution in [-0.2, 0) is 11.2 Å². The average Bonchev–Trinajstić information content (AvgIpc) is 3.32. The molecule has 3 aromatic carbocycles. The summed E-state index contributed by atoms with van der Waals surface area (Å²) < 4.78 is 16.0. The number of hydrogen-bond donors (Lipinski definition) is 1. The first kappa shape index (κ1) is 27.1. The number of nitrogens with zero attached hydrogens (tertiary/aromatic N) is 3. The average molecular weight is 565 g/mol. The van der Waals surface area contributed by atoms with Crippen molar-refractivity contribution in [1.29, 1.82) is 0 Å². The van der Waals surface area contributed by atoms with Crippen molar-refractivity contribution in [3.8, 4) is 16.9 Å². The highest BCUT2D eigenvalue weighted by Gasteiger charge is 2.32. The van der Waals surface area contributed by atoms with Crippen LogP contribution in [0.15, 0.2) is 72.8 Å². The zero-order chi connectivity index (χ0) is 27.5. The van der Waals surface area contributed by atoms with Crippen LogP contribution in [0.3, 0.4) is 0 Å². The number of para-hydroxylation sites is 1. The molecule has 0 spiro atoms. The highest BCUT2D eigenvalue weighted by atomic mass is 35.5. The predicted octanol–water partition coefficient (Wildman–Crippen LogP) is 6.08. The Balaban J connectivity index is 1.56. The molecule has 0 saturated carbocycles. The number of rotatable bonds is 7. The number of halogens is 3. The van der Waals surface area contributed by atoms with Gasteiger partial charge in [0.1, 0.15) is 5.82 Å². The van der Waals surface area contributed by atoms with Crippen molar-refractivity contribution in [1.82, 2.24) is 14.7 Å². The third-order valence-electron chi connectivity index (χ3n) is 7.11. The molecule has 0 bridgehead atoms. The van der Waals surface area contributed by atoms with E-state index in [4.69, 9.17) is 34.0 Å². The molecule has 1 amide bonds. The van der Waals surface area contributed by atoms with E-state index in [2.05, 4.69) is 0 Å². The van der Waals surface area contributed by atoms with Crippen LogP contribution in [0.1, 0.15) is 40.4 Å². The molecule has 4 aromatic rings. The molecular formula is C30H27Cl2FN4O2. The Bertz CT molecular complexity index is 1510. The van der Waals surface area contributed by atoms with E-state index in [1.807, 2.05) is 30.3 Å². The number of piperidine rings is 1. The number of Topliss-reactive ketones (excluding diaryl/α,β-unsaturated/α-hetero) is 1. The maximum atomic E-state index is 14.4. The van der Waals surface area contributed by atoms with Crippen LogP contribution >= 0.6 is 23.2 Å². The van der Waals surface area contributed by atoms with Crippen LogP contribution < -0.4 is 5.73 Å². The largest absolute Gasteiger partial charge is 0.337 e. The van der Waals surface area contributed by atoms with Crippen LogP contribution in [0.2, 0.25) is 10.0 Å². The molecule has 1 fully saturated rings. The number of ketones is 1. The Morgan fingerprint density at radius 2 is 1.62 bits per heavy atom. The third kappa shape index (κ3) is 5.62. The summed E-state index contributed by atoms with van der Waals surface area (Å²) in [4.78, 5) is 28.3. The van der Waals surface area contributed by atoms with E-state index in [0.717, 1.165) is 5.56 Å². The Hall–Kier alpha value is -3.52. The predicted molar refractivity (Wildman–Crippen MR) is 151 cm³/mol. The van der Waals surface area contributed by atoms with Gasteiger partial charge in [-0.3, -0.25) is 9.59 Å². The number of nitrogens with two attached hydrogens (primary N) is 1. The second-order valence-corrected chi connectivity index (χ2v) is 10.4. The summed E-state index contributed by atoms with van der Waals surface area (Å²) in [5.41, 5.74) is 8.88.